The maximum Gasteiger partial charge on any atom is 0.409 e. The highest BCUT2D eigenvalue weighted by molar-refractivity contribution is 5.93. The maximum absolute atomic E-state index is 12.9. The molecule has 0 spiro atoms. The Morgan fingerprint density at radius 2 is 1.79 bits per heavy atom. The highest BCUT2D eigenvalue weighted by Gasteiger charge is 2.27. The number of methoxy groups -OCH3 is 1. The monoisotopic (exact) mass is 386 g/mol. The van der Waals surface area contributed by atoms with Crippen LogP contribution in [0.1, 0.15) is 23.0 Å². The number of piperazine rings is 1. The molecular weight excluding hydrogens is 360 g/mol. The van der Waals surface area contributed by atoms with E-state index in [1.54, 1.807) is 34.6 Å². The molecule has 0 N–H and O–H groups in total. The molecule has 0 radical (unpaired) electrons. The minimum Gasteiger partial charge on any atom is -0.496 e. The van der Waals surface area contributed by atoms with E-state index < -0.39 is 0 Å². The molecule has 0 bridgehead atoms. The fraction of sp³-hybridized carbons (Fsp3) is 0.450. The van der Waals surface area contributed by atoms with Crippen LogP contribution in [0, 0.1) is 6.92 Å². The van der Waals surface area contributed by atoms with Crippen molar-refractivity contribution in [3.8, 4) is 17.0 Å². The van der Waals surface area contributed by atoms with Gasteiger partial charge in [0, 0.05) is 38.8 Å². The van der Waals surface area contributed by atoms with Gasteiger partial charge in [-0.3, -0.25) is 9.48 Å². The van der Waals surface area contributed by atoms with E-state index in [1.165, 1.54) is 0 Å². The van der Waals surface area contributed by atoms with Crippen LogP contribution in [0.3, 0.4) is 0 Å². The Labute approximate surface area is 164 Å². The number of carbonyl (C=O) groups is 2. The van der Waals surface area contributed by atoms with Gasteiger partial charge < -0.3 is 19.3 Å². The van der Waals surface area contributed by atoms with Crippen molar-refractivity contribution in [2.75, 3.05) is 39.9 Å². The quantitative estimate of drug-likeness (QED) is 0.806. The summed E-state index contributed by atoms with van der Waals surface area (Å²) < 4.78 is 12.0. The molecule has 1 fully saturated rings. The first-order chi connectivity index (χ1) is 13.4. The number of aryl methyl sites for hydroxylation is 2. The number of rotatable bonds is 4. The van der Waals surface area contributed by atoms with Gasteiger partial charge in [-0.1, -0.05) is 0 Å². The van der Waals surface area contributed by atoms with E-state index in [-0.39, 0.29) is 12.0 Å². The van der Waals surface area contributed by atoms with E-state index in [0.717, 1.165) is 22.6 Å². The third-order valence-corrected chi connectivity index (χ3v) is 4.88. The maximum atomic E-state index is 12.9. The van der Waals surface area contributed by atoms with Crippen LogP contribution in [-0.2, 0) is 11.8 Å². The molecule has 1 aliphatic heterocycles. The lowest BCUT2D eigenvalue weighted by molar-refractivity contribution is 0.0565. The molecule has 8 nitrogen and oxygen atoms in total. The van der Waals surface area contributed by atoms with Crippen LogP contribution in [0.4, 0.5) is 4.79 Å². The summed E-state index contributed by atoms with van der Waals surface area (Å²) in [5.41, 5.74) is 3.25. The van der Waals surface area contributed by atoms with Crippen molar-refractivity contribution >= 4 is 12.0 Å². The molecule has 0 saturated carbocycles. The lowest BCUT2D eigenvalue weighted by Crippen LogP contribution is -2.50. The first kappa shape index (κ1) is 19.7. The zero-order chi connectivity index (χ0) is 20.3. The summed E-state index contributed by atoms with van der Waals surface area (Å²) >= 11 is 0. The van der Waals surface area contributed by atoms with E-state index in [9.17, 15) is 9.59 Å². The van der Waals surface area contributed by atoms with Crippen LogP contribution in [0.2, 0.25) is 0 Å². The van der Waals surface area contributed by atoms with Crippen molar-refractivity contribution in [1.29, 1.82) is 0 Å². The van der Waals surface area contributed by atoms with Gasteiger partial charge in [0.05, 0.1) is 19.4 Å². The van der Waals surface area contributed by atoms with Gasteiger partial charge in [-0.25, -0.2) is 4.79 Å². The van der Waals surface area contributed by atoms with Crippen molar-refractivity contribution in [2.24, 2.45) is 7.05 Å². The lowest BCUT2D eigenvalue weighted by Gasteiger charge is -2.33. The van der Waals surface area contributed by atoms with Crippen LogP contribution >= 0.6 is 0 Å². The Bertz CT molecular complexity index is 869. The summed E-state index contributed by atoms with van der Waals surface area (Å²) in [5, 5.41) is 4.41. The number of ether oxygens (including phenoxy) is 2. The van der Waals surface area contributed by atoms with Crippen molar-refractivity contribution in [2.45, 2.75) is 13.8 Å². The third-order valence-electron chi connectivity index (χ3n) is 4.88. The molecule has 1 aliphatic rings. The SMILES string of the molecule is CCOC(=O)N1CCN(C(=O)c2cc(-c3ccc(OC)c(C)c3)n(C)n2)CC1. The van der Waals surface area contributed by atoms with Gasteiger partial charge in [0.15, 0.2) is 5.69 Å². The highest BCUT2D eigenvalue weighted by atomic mass is 16.6. The predicted octanol–water partition coefficient (Wildman–Crippen LogP) is 2.32. The Morgan fingerprint density at radius 3 is 2.39 bits per heavy atom. The van der Waals surface area contributed by atoms with Gasteiger partial charge in [-0.15, -0.1) is 0 Å². The van der Waals surface area contributed by atoms with Crippen LogP contribution in [0.5, 0.6) is 5.75 Å². The molecule has 0 aliphatic carbocycles. The van der Waals surface area contributed by atoms with Crippen LogP contribution in [0.15, 0.2) is 24.3 Å². The molecule has 2 aromatic rings. The number of amides is 2. The molecule has 0 unspecified atom stereocenters. The Morgan fingerprint density at radius 1 is 1.11 bits per heavy atom. The minimum atomic E-state index is -0.329. The largest absolute Gasteiger partial charge is 0.496 e. The van der Waals surface area contributed by atoms with Crippen LogP contribution in [-0.4, -0.2) is 71.5 Å². The zero-order valence-electron chi connectivity index (χ0n) is 16.8. The third kappa shape index (κ3) is 3.95. The number of carbonyl (C=O) groups excluding carboxylic acids is 2. The summed E-state index contributed by atoms with van der Waals surface area (Å²) in [6.45, 7) is 5.95. The molecule has 1 aromatic heterocycles. The van der Waals surface area contributed by atoms with Crippen molar-refractivity contribution in [3.63, 3.8) is 0 Å². The molecule has 2 amide bonds. The van der Waals surface area contributed by atoms with Gasteiger partial charge in [0.2, 0.25) is 0 Å². The normalized spacial score (nSPS) is 14.1. The number of aromatic nitrogens is 2. The summed E-state index contributed by atoms with van der Waals surface area (Å²) in [5.74, 6) is 0.692. The number of nitrogens with zero attached hydrogens (tertiary/aromatic N) is 4. The second-order valence-corrected chi connectivity index (χ2v) is 6.70. The minimum absolute atomic E-state index is 0.129. The molecule has 2 heterocycles. The Balaban J connectivity index is 1.72. The summed E-state index contributed by atoms with van der Waals surface area (Å²) in [6.07, 6.45) is -0.329. The first-order valence-electron chi connectivity index (χ1n) is 9.34. The van der Waals surface area contributed by atoms with Gasteiger partial charge in [-0.2, -0.15) is 5.10 Å². The molecule has 1 aromatic carbocycles. The zero-order valence-corrected chi connectivity index (χ0v) is 16.8. The molecule has 150 valence electrons. The van der Waals surface area contributed by atoms with Crippen LogP contribution < -0.4 is 4.74 Å². The lowest BCUT2D eigenvalue weighted by atomic mass is 10.1. The van der Waals surface area contributed by atoms with E-state index in [1.807, 2.05) is 32.2 Å². The molecule has 1 saturated heterocycles. The van der Waals surface area contributed by atoms with E-state index in [2.05, 4.69) is 5.10 Å². The molecule has 8 heteroatoms. The van der Waals surface area contributed by atoms with Gasteiger partial charge in [0.1, 0.15) is 5.75 Å². The second-order valence-electron chi connectivity index (χ2n) is 6.70. The van der Waals surface area contributed by atoms with E-state index in [4.69, 9.17) is 9.47 Å². The van der Waals surface area contributed by atoms with Crippen molar-refractivity contribution in [3.05, 3.63) is 35.5 Å². The predicted molar refractivity (Wildman–Crippen MR) is 104 cm³/mol. The van der Waals surface area contributed by atoms with E-state index >= 15 is 0 Å². The molecule has 3 rings (SSSR count). The summed E-state index contributed by atoms with van der Waals surface area (Å²) in [6, 6.07) is 7.69. The van der Waals surface area contributed by atoms with Gasteiger partial charge in [0.25, 0.3) is 5.91 Å². The fourth-order valence-electron chi connectivity index (χ4n) is 3.35. The van der Waals surface area contributed by atoms with Crippen LogP contribution in [0.25, 0.3) is 11.3 Å². The summed E-state index contributed by atoms with van der Waals surface area (Å²) in [4.78, 5) is 28.0. The Hall–Kier alpha value is -3.03. The second kappa shape index (κ2) is 8.33. The average Bonchev–Trinajstić information content (AvgIpc) is 3.09. The summed E-state index contributed by atoms with van der Waals surface area (Å²) in [7, 11) is 3.47. The highest BCUT2D eigenvalue weighted by Crippen LogP contribution is 2.26. The average molecular weight is 386 g/mol. The topological polar surface area (TPSA) is 76.9 Å². The van der Waals surface area contributed by atoms with Crippen molar-refractivity contribution < 1.29 is 19.1 Å². The molecular formula is C20H26N4O4. The molecule has 0 atom stereocenters. The number of hydrogen-bond donors (Lipinski definition) is 0. The van der Waals surface area contributed by atoms with Gasteiger partial charge >= 0.3 is 6.09 Å². The fourth-order valence-corrected chi connectivity index (χ4v) is 3.35. The smallest absolute Gasteiger partial charge is 0.409 e. The standard InChI is InChI=1S/C20H26N4O4/c1-5-28-20(26)24-10-8-23(9-11-24)19(25)16-13-17(22(3)21-16)15-6-7-18(27-4)14(2)12-15/h6-7,12-13H,5,8-11H2,1-4H3. The Kier molecular flexibility index (Phi) is 5.87. The first-order valence-corrected chi connectivity index (χ1v) is 9.34. The van der Waals surface area contributed by atoms with Gasteiger partial charge in [-0.05, 0) is 43.7 Å². The number of benzene rings is 1. The molecule has 28 heavy (non-hydrogen) atoms. The van der Waals surface area contributed by atoms with Crippen molar-refractivity contribution in [1.82, 2.24) is 19.6 Å². The van der Waals surface area contributed by atoms with E-state index in [0.29, 0.717) is 38.5 Å². The number of hydrogen-bond acceptors (Lipinski definition) is 5.